The predicted molar refractivity (Wildman–Crippen MR) is 97.1 cm³/mol. The quantitative estimate of drug-likeness (QED) is 0.763. The molecule has 0 radical (unpaired) electrons. The maximum absolute atomic E-state index is 12.4. The van der Waals surface area contributed by atoms with Gasteiger partial charge < -0.3 is 9.64 Å². The molecule has 0 unspecified atom stereocenters. The van der Waals surface area contributed by atoms with E-state index >= 15 is 0 Å². The molecule has 1 aliphatic rings. The molecular formula is C17H19N5O4S. The molecule has 0 atom stereocenters. The lowest BCUT2D eigenvalue weighted by molar-refractivity contribution is -0.148. The molecule has 0 aliphatic carbocycles. The smallest absolute Gasteiger partial charge is 0.308 e. The second-order valence-corrected chi connectivity index (χ2v) is 6.88. The number of esters is 1. The van der Waals surface area contributed by atoms with Gasteiger partial charge in [0, 0.05) is 30.9 Å². The van der Waals surface area contributed by atoms with Crippen LogP contribution in [0.3, 0.4) is 0 Å². The molecule has 3 rings (SSSR count). The Morgan fingerprint density at radius 3 is 2.63 bits per heavy atom. The van der Waals surface area contributed by atoms with Crippen LogP contribution in [-0.4, -0.2) is 57.8 Å². The van der Waals surface area contributed by atoms with Gasteiger partial charge in [0.2, 0.25) is 11.7 Å². The van der Waals surface area contributed by atoms with Crippen molar-refractivity contribution in [3.05, 3.63) is 35.4 Å². The number of ether oxygens (including phenoxy) is 1. The number of likely N-dealkylation sites (tertiary alicyclic amines) is 1. The Morgan fingerprint density at radius 2 is 1.96 bits per heavy atom. The first-order valence-electron chi connectivity index (χ1n) is 8.45. The highest BCUT2D eigenvalue weighted by molar-refractivity contribution is 7.14. The molecular weight excluding hydrogens is 370 g/mol. The lowest BCUT2D eigenvalue weighted by Crippen LogP contribution is -2.41. The van der Waals surface area contributed by atoms with Crippen molar-refractivity contribution >= 4 is 34.3 Å². The summed E-state index contributed by atoms with van der Waals surface area (Å²) in [6.07, 6.45) is 4.33. The summed E-state index contributed by atoms with van der Waals surface area (Å²) in [6.45, 7) is 1.05. The molecule has 27 heavy (non-hydrogen) atoms. The molecule has 142 valence electrons. The van der Waals surface area contributed by atoms with Gasteiger partial charge in [0.15, 0.2) is 5.13 Å². The van der Waals surface area contributed by atoms with E-state index in [1.54, 1.807) is 16.3 Å². The first-order chi connectivity index (χ1) is 13.1. The van der Waals surface area contributed by atoms with Crippen molar-refractivity contribution < 1.29 is 19.1 Å². The number of anilines is 1. The van der Waals surface area contributed by atoms with E-state index in [0.717, 1.165) is 0 Å². The first-order valence-corrected chi connectivity index (χ1v) is 9.33. The number of amides is 2. The molecule has 0 bridgehead atoms. The van der Waals surface area contributed by atoms with Gasteiger partial charge in [-0.2, -0.15) is 0 Å². The molecule has 3 heterocycles. The number of rotatable bonds is 5. The van der Waals surface area contributed by atoms with Gasteiger partial charge in [-0.1, -0.05) is 0 Å². The van der Waals surface area contributed by atoms with Gasteiger partial charge in [-0.15, -0.1) is 11.3 Å². The van der Waals surface area contributed by atoms with Gasteiger partial charge >= 0.3 is 5.97 Å². The molecule has 1 N–H and O–H groups in total. The average molecular weight is 389 g/mol. The zero-order valence-corrected chi connectivity index (χ0v) is 15.6. The normalized spacial score (nSPS) is 14.6. The van der Waals surface area contributed by atoms with Crippen LogP contribution in [-0.2, 0) is 20.7 Å². The molecule has 0 saturated carbocycles. The Bertz CT molecular complexity index is 818. The minimum atomic E-state index is -0.451. The second kappa shape index (κ2) is 8.67. The van der Waals surface area contributed by atoms with E-state index in [1.807, 2.05) is 0 Å². The third kappa shape index (κ3) is 4.85. The topological polar surface area (TPSA) is 114 Å². The van der Waals surface area contributed by atoms with E-state index in [4.69, 9.17) is 4.74 Å². The molecule has 1 fully saturated rings. The third-order valence-corrected chi connectivity index (χ3v) is 5.06. The highest BCUT2D eigenvalue weighted by atomic mass is 32.1. The van der Waals surface area contributed by atoms with Crippen LogP contribution in [0.5, 0.6) is 0 Å². The molecule has 1 saturated heterocycles. The number of nitrogens with zero attached hydrogens (tertiary/aromatic N) is 4. The van der Waals surface area contributed by atoms with Crippen molar-refractivity contribution in [2.75, 3.05) is 25.5 Å². The number of piperidine rings is 1. The Morgan fingerprint density at radius 1 is 1.26 bits per heavy atom. The standard InChI is InChI=1S/C17H19N5O4S/c1-26-16(25)11-3-7-22(8-4-11)13(23)9-12-10-27-17(20-12)21-15(24)14-18-5-2-6-19-14/h2,5-6,10-11H,3-4,7-9H2,1H3,(H,20,21,24). The van der Waals surface area contributed by atoms with Gasteiger partial charge in [-0.25, -0.2) is 15.0 Å². The molecule has 10 heteroatoms. The van der Waals surface area contributed by atoms with Crippen molar-refractivity contribution in [3.8, 4) is 0 Å². The predicted octanol–water partition coefficient (Wildman–Crippen LogP) is 1.14. The first kappa shape index (κ1) is 18.9. The molecule has 1 aliphatic heterocycles. The van der Waals surface area contributed by atoms with Crippen LogP contribution in [0.1, 0.15) is 29.2 Å². The van der Waals surface area contributed by atoms with Crippen LogP contribution in [0.4, 0.5) is 5.13 Å². The summed E-state index contributed by atoms with van der Waals surface area (Å²) in [5.41, 5.74) is 0.587. The average Bonchev–Trinajstić information content (AvgIpc) is 3.14. The van der Waals surface area contributed by atoms with Gasteiger partial charge in [0.1, 0.15) is 0 Å². The van der Waals surface area contributed by atoms with Gasteiger partial charge in [0.05, 0.1) is 25.1 Å². The van der Waals surface area contributed by atoms with E-state index in [9.17, 15) is 14.4 Å². The summed E-state index contributed by atoms with van der Waals surface area (Å²) in [5.74, 6) is -0.802. The zero-order valence-electron chi connectivity index (χ0n) is 14.8. The van der Waals surface area contributed by atoms with Gasteiger partial charge in [-0.3, -0.25) is 19.7 Å². The molecule has 2 amide bonds. The monoisotopic (exact) mass is 389 g/mol. The maximum atomic E-state index is 12.4. The number of hydrogen-bond donors (Lipinski definition) is 1. The van der Waals surface area contributed by atoms with Crippen LogP contribution in [0.2, 0.25) is 0 Å². The SMILES string of the molecule is COC(=O)C1CCN(C(=O)Cc2csc(NC(=O)c3ncccn3)n2)CC1. The number of hydrogen-bond acceptors (Lipinski definition) is 8. The fourth-order valence-electron chi connectivity index (χ4n) is 2.81. The number of thiazole rings is 1. The summed E-state index contributed by atoms with van der Waals surface area (Å²) in [4.78, 5) is 49.8. The Hall–Kier alpha value is -2.88. The van der Waals surface area contributed by atoms with E-state index in [2.05, 4.69) is 20.3 Å². The van der Waals surface area contributed by atoms with Crippen LogP contribution < -0.4 is 5.32 Å². The Labute approximate surface area is 159 Å². The number of aromatic nitrogens is 3. The third-order valence-electron chi connectivity index (χ3n) is 4.26. The molecule has 0 spiro atoms. The largest absolute Gasteiger partial charge is 0.469 e. The zero-order chi connectivity index (χ0) is 19.2. The van der Waals surface area contributed by atoms with Crippen molar-refractivity contribution in [2.24, 2.45) is 5.92 Å². The van der Waals surface area contributed by atoms with Crippen molar-refractivity contribution in [3.63, 3.8) is 0 Å². The second-order valence-electron chi connectivity index (χ2n) is 6.03. The highest BCUT2D eigenvalue weighted by Crippen LogP contribution is 2.21. The summed E-state index contributed by atoms with van der Waals surface area (Å²) in [6, 6.07) is 1.62. The van der Waals surface area contributed by atoms with Crippen molar-refractivity contribution in [1.29, 1.82) is 0 Å². The summed E-state index contributed by atoms with van der Waals surface area (Å²) >= 11 is 1.24. The fourth-order valence-corrected chi connectivity index (χ4v) is 3.52. The van der Waals surface area contributed by atoms with Crippen LogP contribution >= 0.6 is 11.3 Å². The maximum Gasteiger partial charge on any atom is 0.308 e. The van der Waals surface area contributed by atoms with Gasteiger partial charge in [0.25, 0.3) is 5.91 Å². The number of carbonyl (C=O) groups excluding carboxylic acids is 3. The number of carbonyl (C=O) groups is 3. The summed E-state index contributed by atoms with van der Waals surface area (Å²) in [7, 11) is 1.38. The fraction of sp³-hybridized carbons (Fsp3) is 0.412. The van der Waals surface area contributed by atoms with E-state index in [1.165, 1.54) is 30.8 Å². The number of methoxy groups -OCH3 is 1. The van der Waals surface area contributed by atoms with Crippen LogP contribution in [0.25, 0.3) is 0 Å². The van der Waals surface area contributed by atoms with E-state index < -0.39 is 5.91 Å². The highest BCUT2D eigenvalue weighted by Gasteiger charge is 2.28. The van der Waals surface area contributed by atoms with Crippen LogP contribution in [0, 0.1) is 5.92 Å². The van der Waals surface area contributed by atoms with Crippen molar-refractivity contribution in [1.82, 2.24) is 19.9 Å². The van der Waals surface area contributed by atoms with E-state index in [-0.39, 0.29) is 30.0 Å². The summed E-state index contributed by atoms with van der Waals surface area (Å²) in [5, 5.41) is 4.75. The Balaban J connectivity index is 1.51. The minimum Gasteiger partial charge on any atom is -0.469 e. The lowest BCUT2D eigenvalue weighted by atomic mass is 9.97. The molecule has 2 aromatic rings. The minimum absolute atomic E-state index is 0.0483. The molecule has 0 aromatic carbocycles. The Kier molecular flexibility index (Phi) is 6.07. The van der Waals surface area contributed by atoms with Gasteiger partial charge in [-0.05, 0) is 18.9 Å². The van der Waals surface area contributed by atoms with Crippen LogP contribution in [0.15, 0.2) is 23.8 Å². The summed E-state index contributed by atoms with van der Waals surface area (Å²) < 4.78 is 4.75. The molecule has 2 aromatic heterocycles. The molecule has 9 nitrogen and oxygen atoms in total. The van der Waals surface area contributed by atoms with Crippen molar-refractivity contribution in [2.45, 2.75) is 19.3 Å². The lowest BCUT2D eigenvalue weighted by Gasteiger charge is -2.30. The van der Waals surface area contributed by atoms with E-state index in [0.29, 0.717) is 36.8 Å². The number of nitrogens with one attached hydrogen (secondary N) is 1.